The van der Waals surface area contributed by atoms with Crippen LogP contribution in [0.4, 0.5) is 5.69 Å². The summed E-state index contributed by atoms with van der Waals surface area (Å²) in [5.74, 6) is 0.761. The molecule has 4 nitrogen and oxygen atoms in total. The van der Waals surface area contributed by atoms with Gasteiger partial charge < -0.3 is 9.64 Å². The minimum Gasteiger partial charge on any atom is -0.485 e. The van der Waals surface area contributed by atoms with Gasteiger partial charge in [0.1, 0.15) is 6.61 Å². The SMILES string of the molecule is CC(C)c1ccc(CN2CCN(c3ccccc3)C(C)C2)c(=O)c(OCc2ccccc2)c1. The number of ether oxygens (including phenoxy) is 1. The number of benzene rings is 2. The molecule has 1 saturated heterocycles. The minimum atomic E-state index is -0.00373. The summed E-state index contributed by atoms with van der Waals surface area (Å²) in [6, 6.07) is 27.0. The number of rotatable bonds is 7. The fourth-order valence-corrected chi connectivity index (χ4v) is 4.44. The molecule has 0 amide bonds. The van der Waals surface area contributed by atoms with Gasteiger partial charge in [0.25, 0.3) is 0 Å². The molecule has 1 aliphatic heterocycles. The average Bonchev–Trinajstić information content (AvgIpc) is 2.98. The van der Waals surface area contributed by atoms with Crippen molar-refractivity contribution in [2.75, 3.05) is 24.5 Å². The van der Waals surface area contributed by atoms with Gasteiger partial charge in [0.2, 0.25) is 5.43 Å². The summed E-state index contributed by atoms with van der Waals surface area (Å²) in [7, 11) is 0. The van der Waals surface area contributed by atoms with Crippen LogP contribution in [0.25, 0.3) is 0 Å². The lowest BCUT2D eigenvalue weighted by atomic mass is 10.1. The highest BCUT2D eigenvalue weighted by Crippen LogP contribution is 2.22. The predicted octanol–water partition coefficient (Wildman–Crippen LogP) is 5.46. The van der Waals surface area contributed by atoms with Crippen LogP contribution in [0.5, 0.6) is 5.75 Å². The highest BCUT2D eigenvalue weighted by atomic mass is 16.5. The Balaban J connectivity index is 1.52. The van der Waals surface area contributed by atoms with Crippen molar-refractivity contribution in [3.63, 3.8) is 0 Å². The van der Waals surface area contributed by atoms with Crippen molar-refractivity contribution in [1.82, 2.24) is 4.90 Å². The zero-order chi connectivity index (χ0) is 23.2. The molecule has 1 atom stereocenters. The number of anilines is 1. The molecule has 1 aliphatic rings. The van der Waals surface area contributed by atoms with Gasteiger partial charge in [-0.1, -0.05) is 74.5 Å². The first kappa shape index (κ1) is 23.1. The molecule has 3 aromatic rings. The van der Waals surface area contributed by atoms with Crippen LogP contribution in [0.15, 0.2) is 83.7 Å². The zero-order valence-electron chi connectivity index (χ0n) is 19.9. The van der Waals surface area contributed by atoms with Gasteiger partial charge in [0, 0.05) is 43.5 Å². The number of hydrogen-bond donors (Lipinski definition) is 0. The Kier molecular flexibility index (Phi) is 7.46. The smallest absolute Gasteiger partial charge is 0.224 e. The number of hydrogen-bond acceptors (Lipinski definition) is 4. The van der Waals surface area contributed by atoms with Crippen LogP contribution >= 0.6 is 0 Å². The van der Waals surface area contributed by atoms with E-state index in [1.54, 1.807) is 0 Å². The van der Waals surface area contributed by atoms with E-state index in [1.807, 2.05) is 42.5 Å². The molecule has 0 spiro atoms. The van der Waals surface area contributed by atoms with E-state index in [0.29, 0.717) is 30.9 Å². The van der Waals surface area contributed by atoms with E-state index in [9.17, 15) is 4.79 Å². The molecule has 0 N–H and O–H groups in total. The van der Waals surface area contributed by atoms with Gasteiger partial charge >= 0.3 is 0 Å². The van der Waals surface area contributed by atoms with Crippen molar-refractivity contribution < 1.29 is 4.74 Å². The molecule has 4 heteroatoms. The molecule has 3 aromatic carbocycles. The first-order chi connectivity index (χ1) is 16.0. The molecule has 33 heavy (non-hydrogen) atoms. The van der Waals surface area contributed by atoms with Crippen LogP contribution in [0.3, 0.4) is 0 Å². The highest BCUT2D eigenvalue weighted by molar-refractivity contribution is 5.47. The number of piperazine rings is 1. The summed E-state index contributed by atoms with van der Waals surface area (Å²) in [6.07, 6.45) is 0. The second-order valence-corrected chi connectivity index (χ2v) is 9.24. The maximum absolute atomic E-state index is 13.4. The summed E-state index contributed by atoms with van der Waals surface area (Å²) >= 11 is 0. The van der Waals surface area contributed by atoms with Crippen molar-refractivity contribution in [3.05, 3.63) is 106 Å². The molecule has 1 unspecified atom stereocenters. The van der Waals surface area contributed by atoms with Crippen molar-refractivity contribution in [1.29, 1.82) is 0 Å². The molecular weight excluding hydrogens is 408 g/mol. The third-order valence-corrected chi connectivity index (χ3v) is 6.39. The lowest BCUT2D eigenvalue weighted by Gasteiger charge is -2.41. The van der Waals surface area contributed by atoms with Crippen molar-refractivity contribution in [3.8, 4) is 5.75 Å². The Bertz CT molecular complexity index is 1100. The van der Waals surface area contributed by atoms with Gasteiger partial charge in [-0.15, -0.1) is 0 Å². The Morgan fingerprint density at radius 1 is 0.939 bits per heavy atom. The third kappa shape index (κ3) is 5.82. The van der Waals surface area contributed by atoms with Crippen molar-refractivity contribution in [2.45, 2.75) is 45.9 Å². The number of para-hydroxylation sites is 1. The van der Waals surface area contributed by atoms with Crippen LogP contribution in [0.2, 0.25) is 0 Å². The number of nitrogens with zero attached hydrogens (tertiary/aromatic N) is 2. The second kappa shape index (κ2) is 10.7. The molecule has 4 rings (SSSR count). The molecule has 0 bridgehead atoms. The average molecular weight is 443 g/mol. The Labute approximate surface area is 197 Å². The maximum Gasteiger partial charge on any atom is 0.224 e. The molecule has 1 heterocycles. The van der Waals surface area contributed by atoms with Gasteiger partial charge in [-0.3, -0.25) is 9.69 Å². The maximum atomic E-state index is 13.4. The van der Waals surface area contributed by atoms with Gasteiger partial charge in [0.15, 0.2) is 5.75 Å². The largest absolute Gasteiger partial charge is 0.485 e. The van der Waals surface area contributed by atoms with Crippen LogP contribution in [0, 0.1) is 0 Å². The normalized spacial score (nSPS) is 16.7. The van der Waals surface area contributed by atoms with Gasteiger partial charge in [-0.2, -0.15) is 0 Å². The molecule has 1 fully saturated rings. The van der Waals surface area contributed by atoms with Crippen LogP contribution < -0.4 is 15.1 Å². The van der Waals surface area contributed by atoms with E-state index >= 15 is 0 Å². The lowest BCUT2D eigenvalue weighted by Crippen LogP contribution is -2.51. The fourth-order valence-electron chi connectivity index (χ4n) is 4.44. The fraction of sp³-hybridized carbons (Fsp3) is 0.345. The molecule has 0 saturated carbocycles. The summed E-state index contributed by atoms with van der Waals surface area (Å²) in [6.45, 7) is 10.4. The van der Waals surface area contributed by atoms with E-state index < -0.39 is 0 Å². The topological polar surface area (TPSA) is 32.8 Å². The van der Waals surface area contributed by atoms with Gasteiger partial charge in [-0.25, -0.2) is 0 Å². The lowest BCUT2D eigenvalue weighted by molar-refractivity contribution is 0.220. The van der Waals surface area contributed by atoms with Gasteiger partial charge in [0.05, 0.1) is 0 Å². The Morgan fingerprint density at radius 3 is 2.30 bits per heavy atom. The van der Waals surface area contributed by atoms with Gasteiger partial charge in [-0.05, 0) is 42.2 Å². The van der Waals surface area contributed by atoms with E-state index in [0.717, 1.165) is 36.3 Å². The molecule has 0 aromatic heterocycles. The molecular formula is C29H34N2O2. The molecule has 172 valence electrons. The summed E-state index contributed by atoms with van der Waals surface area (Å²) in [4.78, 5) is 18.3. The highest BCUT2D eigenvalue weighted by Gasteiger charge is 2.24. The Morgan fingerprint density at radius 2 is 1.64 bits per heavy atom. The first-order valence-electron chi connectivity index (χ1n) is 11.9. The monoisotopic (exact) mass is 442 g/mol. The van der Waals surface area contributed by atoms with E-state index in [4.69, 9.17) is 4.74 Å². The molecule has 0 radical (unpaired) electrons. The third-order valence-electron chi connectivity index (χ3n) is 6.39. The quantitative estimate of drug-likeness (QED) is 0.486. The molecule has 0 aliphatic carbocycles. The minimum absolute atomic E-state index is 0.00373. The van der Waals surface area contributed by atoms with Crippen LogP contribution in [-0.2, 0) is 13.2 Å². The standard InChI is InChI=1S/C29H34N2O2/c1-22(2)25-14-15-26(29(32)28(18-25)33-21-24-10-6-4-7-11-24)20-30-16-17-31(23(3)19-30)27-12-8-5-9-13-27/h4-15,18,22-23H,16-17,19-21H2,1-3H3. The Hall–Kier alpha value is -3.11. The van der Waals surface area contributed by atoms with Crippen molar-refractivity contribution in [2.24, 2.45) is 0 Å². The summed E-state index contributed by atoms with van der Waals surface area (Å²) in [5.41, 5.74) is 4.23. The van der Waals surface area contributed by atoms with Crippen molar-refractivity contribution >= 4 is 5.69 Å². The van der Waals surface area contributed by atoms with Crippen LogP contribution in [-0.4, -0.2) is 30.6 Å². The van der Waals surface area contributed by atoms with E-state index in [2.05, 4.69) is 67.0 Å². The summed E-state index contributed by atoms with van der Waals surface area (Å²) in [5, 5.41) is 0. The zero-order valence-corrected chi connectivity index (χ0v) is 19.9. The predicted molar refractivity (Wildman–Crippen MR) is 136 cm³/mol. The first-order valence-corrected chi connectivity index (χ1v) is 11.9. The van der Waals surface area contributed by atoms with E-state index in [-0.39, 0.29) is 5.43 Å². The summed E-state index contributed by atoms with van der Waals surface area (Å²) < 4.78 is 6.06. The second-order valence-electron chi connectivity index (χ2n) is 9.24. The van der Waals surface area contributed by atoms with E-state index in [1.165, 1.54) is 5.69 Å². The van der Waals surface area contributed by atoms with Crippen LogP contribution in [0.1, 0.15) is 43.4 Å².